The fraction of sp³-hybridized carbons (Fsp3) is 0.190. The van der Waals surface area contributed by atoms with E-state index in [2.05, 4.69) is 6.58 Å². The van der Waals surface area contributed by atoms with Gasteiger partial charge in [0.05, 0.1) is 12.8 Å². The van der Waals surface area contributed by atoms with Gasteiger partial charge in [-0.1, -0.05) is 42.5 Å². The molecule has 25 heavy (non-hydrogen) atoms. The van der Waals surface area contributed by atoms with Gasteiger partial charge in [0, 0.05) is 17.5 Å². The molecule has 0 radical (unpaired) electrons. The normalized spacial score (nSPS) is 11.7. The van der Waals surface area contributed by atoms with Gasteiger partial charge >= 0.3 is 0 Å². The van der Waals surface area contributed by atoms with Gasteiger partial charge in [-0.05, 0) is 32.0 Å². The average Bonchev–Trinajstić information content (AvgIpc) is 3.22. The van der Waals surface area contributed by atoms with Crippen molar-refractivity contribution in [3.8, 4) is 0 Å². The van der Waals surface area contributed by atoms with E-state index in [1.165, 1.54) is 0 Å². The first kappa shape index (κ1) is 16.8. The minimum atomic E-state index is -0.151. The zero-order chi connectivity index (χ0) is 17.8. The molecule has 0 bridgehead atoms. The smallest absolute Gasteiger partial charge is 0.290 e. The molecule has 0 aliphatic heterocycles. The van der Waals surface area contributed by atoms with Crippen molar-refractivity contribution in [3.05, 3.63) is 84.0 Å². The number of para-hydroxylation sites is 1. The molecule has 3 rings (SSSR count). The Kier molecular flexibility index (Phi) is 4.89. The Balaban J connectivity index is 1.95. The summed E-state index contributed by atoms with van der Waals surface area (Å²) < 4.78 is 11.3. The SMILES string of the molecule is C=C/C=C(\C)CN(Cc1ccco1)C(=O)c1oc2ccccc2c1C. The number of carbonyl (C=O) groups is 1. The molecule has 0 unspecified atom stereocenters. The lowest BCUT2D eigenvalue weighted by atomic mass is 10.1. The van der Waals surface area contributed by atoms with E-state index in [4.69, 9.17) is 8.83 Å². The number of nitrogens with zero attached hydrogens (tertiary/aromatic N) is 1. The lowest BCUT2D eigenvalue weighted by molar-refractivity contribution is 0.0717. The molecule has 0 spiro atoms. The van der Waals surface area contributed by atoms with Crippen LogP contribution < -0.4 is 0 Å². The second-order valence-electron chi connectivity index (χ2n) is 6.04. The van der Waals surface area contributed by atoms with E-state index in [0.717, 1.165) is 27.9 Å². The third-order valence-electron chi connectivity index (χ3n) is 4.09. The van der Waals surface area contributed by atoms with Crippen molar-refractivity contribution in [2.75, 3.05) is 6.54 Å². The summed E-state index contributed by atoms with van der Waals surface area (Å²) in [7, 11) is 0. The molecule has 0 atom stereocenters. The molecule has 1 amide bonds. The molecular weight excluding hydrogens is 314 g/mol. The maximum absolute atomic E-state index is 13.1. The number of furan rings is 2. The third-order valence-corrected chi connectivity index (χ3v) is 4.09. The van der Waals surface area contributed by atoms with Crippen LogP contribution in [-0.2, 0) is 6.54 Å². The number of fused-ring (bicyclic) bond motifs is 1. The van der Waals surface area contributed by atoms with E-state index in [-0.39, 0.29) is 5.91 Å². The summed E-state index contributed by atoms with van der Waals surface area (Å²) in [5.41, 5.74) is 2.61. The molecule has 2 heterocycles. The number of carbonyl (C=O) groups excluding carboxylic acids is 1. The molecule has 0 aliphatic rings. The van der Waals surface area contributed by atoms with Crippen LogP contribution in [0, 0.1) is 6.92 Å². The molecule has 128 valence electrons. The van der Waals surface area contributed by atoms with Gasteiger partial charge in [0.1, 0.15) is 11.3 Å². The number of hydrogen-bond donors (Lipinski definition) is 0. The first-order chi connectivity index (χ1) is 12.1. The lowest BCUT2D eigenvalue weighted by Crippen LogP contribution is -2.32. The van der Waals surface area contributed by atoms with Crippen molar-refractivity contribution in [2.24, 2.45) is 0 Å². The van der Waals surface area contributed by atoms with Crippen LogP contribution in [0.25, 0.3) is 11.0 Å². The van der Waals surface area contributed by atoms with E-state index in [1.807, 2.05) is 56.3 Å². The standard InChI is InChI=1S/C21H21NO3/c1-4-8-15(2)13-22(14-17-9-7-12-24-17)21(23)20-16(3)18-10-5-6-11-19(18)25-20/h4-12H,1,13-14H2,2-3H3/b15-8+. The predicted octanol–water partition coefficient (Wildman–Crippen LogP) is 5.11. The second kappa shape index (κ2) is 7.26. The van der Waals surface area contributed by atoms with E-state index in [0.29, 0.717) is 18.8 Å². The van der Waals surface area contributed by atoms with Crippen LogP contribution in [0.4, 0.5) is 0 Å². The van der Waals surface area contributed by atoms with Crippen molar-refractivity contribution in [1.82, 2.24) is 4.90 Å². The maximum Gasteiger partial charge on any atom is 0.290 e. The fourth-order valence-electron chi connectivity index (χ4n) is 2.87. The summed E-state index contributed by atoms with van der Waals surface area (Å²) in [5.74, 6) is 0.953. The molecular formula is C21H21NO3. The van der Waals surface area contributed by atoms with Crippen LogP contribution in [0.5, 0.6) is 0 Å². The monoisotopic (exact) mass is 335 g/mol. The van der Waals surface area contributed by atoms with Gasteiger partial charge < -0.3 is 13.7 Å². The largest absolute Gasteiger partial charge is 0.467 e. The number of rotatable bonds is 6. The third kappa shape index (κ3) is 3.58. The molecule has 3 aromatic rings. The van der Waals surface area contributed by atoms with Crippen LogP contribution >= 0.6 is 0 Å². The first-order valence-electron chi connectivity index (χ1n) is 8.18. The molecule has 0 saturated heterocycles. The van der Waals surface area contributed by atoms with Gasteiger partial charge in [-0.3, -0.25) is 4.79 Å². The molecule has 0 aliphatic carbocycles. The highest BCUT2D eigenvalue weighted by Gasteiger charge is 2.24. The molecule has 0 saturated carbocycles. The number of aryl methyl sites for hydroxylation is 1. The first-order valence-corrected chi connectivity index (χ1v) is 8.18. The van der Waals surface area contributed by atoms with Crippen LogP contribution in [0.3, 0.4) is 0 Å². The Morgan fingerprint density at radius 2 is 2.04 bits per heavy atom. The average molecular weight is 335 g/mol. The lowest BCUT2D eigenvalue weighted by Gasteiger charge is -2.21. The number of amides is 1. The molecule has 1 aromatic carbocycles. The van der Waals surface area contributed by atoms with Crippen LogP contribution in [0.1, 0.15) is 28.8 Å². The Morgan fingerprint density at radius 3 is 2.72 bits per heavy atom. The Hall–Kier alpha value is -3.01. The van der Waals surface area contributed by atoms with E-state index >= 15 is 0 Å². The van der Waals surface area contributed by atoms with Crippen LogP contribution in [-0.4, -0.2) is 17.4 Å². The quantitative estimate of drug-likeness (QED) is 0.588. The van der Waals surface area contributed by atoms with Crippen molar-refractivity contribution < 1.29 is 13.6 Å². The zero-order valence-corrected chi connectivity index (χ0v) is 14.5. The highest BCUT2D eigenvalue weighted by molar-refractivity contribution is 5.99. The van der Waals surface area contributed by atoms with E-state index < -0.39 is 0 Å². The summed E-state index contributed by atoms with van der Waals surface area (Å²) in [6.45, 7) is 8.45. The second-order valence-corrected chi connectivity index (χ2v) is 6.04. The fourth-order valence-corrected chi connectivity index (χ4v) is 2.87. The van der Waals surface area contributed by atoms with Crippen LogP contribution in [0.15, 0.2) is 75.8 Å². The minimum absolute atomic E-state index is 0.151. The molecule has 0 fully saturated rings. The van der Waals surface area contributed by atoms with Gasteiger partial charge in [-0.15, -0.1) is 0 Å². The summed E-state index contributed by atoms with van der Waals surface area (Å²) in [4.78, 5) is 14.9. The van der Waals surface area contributed by atoms with E-state index in [9.17, 15) is 4.79 Å². The van der Waals surface area contributed by atoms with Crippen molar-refractivity contribution in [1.29, 1.82) is 0 Å². The Bertz CT molecular complexity index is 916. The molecule has 2 aromatic heterocycles. The summed E-state index contributed by atoms with van der Waals surface area (Å²) in [6, 6.07) is 11.4. The van der Waals surface area contributed by atoms with Crippen molar-refractivity contribution >= 4 is 16.9 Å². The van der Waals surface area contributed by atoms with Crippen LogP contribution in [0.2, 0.25) is 0 Å². The number of hydrogen-bond acceptors (Lipinski definition) is 3. The maximum atomic E-state index is 13.1. The van der Waals surface area contributed by atoms with Gasteiger partial charge in [0.15, 0.2) is 5.76 Å². The predicted molar refractivity (Wildman–Crippen MR) is 98.4 cm³/mol. The Morgan fingerprint density at radius 1 is 1.24 bits per heavy atom. The summed E-state index contributed by atoms with van der Waals surface area (Å²) in [5, 5.41) is 0.960. The van der Waals surface area contributed by atoms with Gasteiger partial charge in [0.25, 0.3) is 5.91 Å². The molecule has 0 N–H and O–H groups in total. The molecule has 4 nitrogen and oxygen atoms in total. The van der Waals surface area contributed by atoms with Crippen molar-refractivity contribution in [2.45, 2.75) is 20.4 Å². The Labute approximate surface area is 147 Å². The number of benzene rings is 1. The van der Waals surface area contributed by atoms with E-state index in [1.54, 1.807) is 17.2 Å². The van der Waals surface area contributed by atoms with Gasteiger partial charge in [-0.2, -0.15) is 0 Å². The zero-order valence-electron chi connectivity index (χ0n) is 14.5. The van der Waals surface area contributed by atoms with Gasteiger partial charge in [0.2, 0.25) is 0 Å². The highest BCUT2D eigenvalue weighted by Crippen LogP contribution is 2.26. The van der Waals surface area contributed by atoms with Crippen molar-refractivity contribution in [3.63, 3.8) is 0 Å². The summed E-state index contributed by atoms with van der Waals surface area (Å²) >= 11 is 0. The topological polar surface area (TPSA) is 46.6 Å². The number of allylic oxidation sites excluding steroid dienone is 2. The summed E-state index contributed by atoms with van der Waals surface area (Å²) in [6.07, 6.45) is 5.22. The molecule has 4 heteroatoms. The van der Waals surface area contributed by atoms with Gasteiger partial charge in [-0.25, -0.2) is 0 Å². The highest BCUT2D eigenvalue weighted by atomic mass is 16.3. The minimum Gasteiger partial charge on any atom is -0.467 e.